The van der Waals surface area contributed by atoms with Crippen molar-refractivity contribution in [3.05, 3.63) is 121 Å². The average Bonchev–Trinajstić information content (AvgIpc) is 2.95. The van der Waals surface area contributed by atoms with Gasteiger partial charge in [-0.15, -0.1) is 0 Å². The molecule has 11 heteroatoms. The Kier molecular flexibility index (Phi) is 8.06. The summed E-state index contributed by atoms with van der Waals surface area (Å²) in [5.41, 5.74) is 0.149. The molecule has 1 aromatic heterocycles. The Bertz CT molecular complexity index is 1840. The topological polar surface area (TPSA) is 65.7 Å². The monoisotopic (exact) mass is 673 g/mol. The van der Waals surface area contributed by atoms with Gasteiger partial charge in [0.1, 0.15) is 12.4 Å². The van der Waals surface area contributed by atoms with Gasteiger partial charge in [0, 0.05) is 5.56 Å². The first-order valence-electron chi connectivity index (χ1n) is 12.1. The fraction of sp³-hybridized carbons (Fsp3) is 0.100. The molecule has 0 aliphatic rings. The number of aromatic nitrogens is 2. The maximum Gasteiger partial charge on any atom is 0.416 e. The molecule has 0 bridgehead atoms. The highest BCUT2D eigenvalue weighted by atomic mass is 127. The van der Waals surface area contributed by atoms with E-state index in [4.69, 9.17) is 9.47 Å². The number of hydrogen-bond donors (Lipinski definition) is 0. The first-order chi connectivity index (χ1) is 19.6. The van der Waals surface area contributed by atoms with E-state index in [0.717, 1.165) is 16.8 Å². The lowest BCUT2D eigenvalue weighted by molar-refractivity contribution is -0.137. The number of rotatable bonds is 7. The summed E-state index contributed by atoms with van der Waals surface area (Å²) in [5.74, 6) is 0.385. The normalized spacial score (nSPS) is 11.8. The number of methoxy groups -OCH3 is 1. The molecule has 5 rings (SSSR count). The van der Waals surface area contributed by atoms with Crippen molar-refractivity contribution in [1.29, 1.82) is 0 Å². The molecule has 0 aliphatic heterocycles. The smallest absolute Gasteiger partial charge is 0.416 e. The second kappa shape index (κ2) is 11.7. The summed E-state index contributed by atoms with van der Waals surface area (Å²) in [7, 11) is 1.46. The molecule has 0 amide bonds. The SMILES string of the molecule is COc1cc(C=Nn2c(-c3cccc(C(F)(F)F)c3)nc3ccccc3c2=O)cc(I)c1OCc1cccc(F)c1. The van der Waals surface area contributed by atoms with Crippen molar-refractivity contribution in [3.8, 4) is 22.9 Å². The maximum atomic E-state index is 13.5. The Morgan fingerprint density at radius 2 is 1.78 bits per heavy atom. The zero-order valence-corrected chi connectivity index (χ0v) is 23.5. The van der Waals surface area contributed by atoms with E-state index in [0.29, 0.717) is 31.7 Å². The Morgan fingerprint density at radius 1 is 1.00 bits per heavy atom. The number of benzene rings is 4. The molecule has 0 saturated heterocycles. The van der Waals surface area contributed by atoms with Crippen molar-refractivity contribution in [2.75, 3.05) is 7.11 Å². The van der Waals surface area contributed by atoms with Crippen LogP contribution in [-0.4, -0.2) is 23.0 Å². The van der Waals surface area contributed by atoms with Crippen molar-refractivity contribution < 1.29 is 27.0 Å². The van der Waals surface area contributed by atoms with E-state index < -0.39 is 17.3 Å². The van der Waals surface area contributed by atoms with Gasteiger partial charge >= 0.3 is 6.18 Å². The third-order valence-corrected chi connectivity index (χ3v) is 6.85. The number of halogens is 5. The van der Waals surface area contributed by atoms with Crippen LogP contribution in [0.4, 0.5) is 17.6 Å². The van der Waals surface area contributed by atoms with Gasteiger partial charge in [-0.2, -0.15) is 22.9 Å². The lowest BCUT2D eigenvalue weighted by atomic mass is 10.1. The maximum absolute atomic E-state index is 13.5. The van der Waals surface area contributed by atoms with Gasteiger partial charge in [-0.05, 0) is 82.2 Å². The van der Waals surface area contributed by atoms with Crippen LogP contribution in [0, 0.1) is 9.39 Å². The Morgan fingerprint density at radius 3 is 2.54 bits per heavy atom. The summed E-state index contributed by atoms with van der Waals surface area (Å²) in [6.45, 7) is 0.107. The Balaban J connectivity index is 1.55. The fourth-order valence-corrected chi connectivity index (χ4v) is 4.89. The summed E-state index contributed by atoms with van der Waals surface area (Å²) in [5, 5.41) is 4.60. The minimum Gasteiger partial charge on any atom is -0.493 e. The number of alkyl halides is 3. The van der Waals surface area contributed by atoms with E-state index in [1.807, 2.05) is 0 Å². The number of fused-ring (bicyclic) bond motifs is 1. The second-order valence-electron chi connectivity index (χ2n) is 8.85. The lowest BCUT2D eigenvalue weighted by Gasteiger charge is -2.14. The molecule has 1 heterocycles. The minimum absolute atomic E-state index is 0.0484. The largest absolute Gasteiger partial charge is 0.493 e. The van der Waals surface area contributed by atoms with E-state index in [2.05, 4.69) is 32.7 Å². The number of nitrogens with zero attached hydrogens (tertiary/aromatic N) is 3. The Labute approximate surface area is 245 Å². The lowest BCUT2D eigenvalue weighted by Crippen LogP contribution is -2.20. The summed E-state index contributed by atoms with van der Waals surface area (Å²) in [6.07, 6.45) is -3.19. The van der Waals surface area contributed by atoms with Crippen LogP contribution in [0.15, 0.2) is 94.8 Å². The molecular formula is C30H20F4IN3O3. The molecule has 0 spiro atoms. The quantitative estimate of drug-likeness (QED) is 0.103. The third-order valence-electron chi connectivity index (χ3n) is 6.05. The molecule has 0 aliphatic carbocycles. The average molecular weight is 673 g/mol. The van der Waals surface area contributed by atoms with Gasteiger partial charge in [0.2, 0.25) is 0 Å². The van der Waals surface area contributed by atoms with Gasteiger partial charge in [0.15, 0.2) is 17.3 Å². The van der Waals surface area contributed by atoms with Crippen LogP contribution in [0.25, 0.3) is 22.3 Å². The molecule has 0 fully saturated rings. The zero-order chi connectivity index (χ0) is 29.1. The van der Waals surface area contributed by atoms with Crippen LogP contribution >= 0.6 is 22.6 Å². The van der Waals surface area contributed by atoms with Crippen molar-refractivity contribution >= 4 is 39.7 Å². The minimum atomic E-state index is -4.58. The summed E-state index contributed by atoms with van der Waals surface area (Å²) in [6, 6.07) is 20.5. The molecule has 208 valence electrons. The Hall–Kier alpha value is -4.26. The van der Waals surface area contributed by atoms with Crippen LogP contribution in [0.1, 0.15) is 16.7 Å². The van der Waals surface area contributed by atoms with Gasteiger partial charge in [-0.1, -0.05) is 36.4 Å². The van der Waals surface area contributed by atoms with E-state index in [9.17, 15) is 22.4 Å². The van der Waals surface area contributed by atoms with E-state index in [1.165, 1.54) is 37.6 Å². The summed E-state index contributed by atoms with van der Waals surface area (Å²) in [4.78, 5) is 17.9. The highest BCUT2D eigenvalue weighted by Gasteiger charge is 2.31. The zero-order valence-electron chi connectivity index (χ0n) is 21.3. The summed E-state index contributed by atoms with van der Waals surface area (Å²) >= 11 is 2.06. The number of ether oxygens (including phenoxy) is 2. The van der Waals surface area contributed by atoms with Gasteiger partial charge in [0.25, 0.3) is 5.56 Å². The standard InChI is InChI=1S/C30H20F4IN3O3/c1-40-26-14-19(13-24(35)27(26)41-17-18-6-4-9-22(31)12-18)16-36-38-28(20-7-5-8-21(15-20)30(32,33)34)37-25-11-3-2-10-23(25)29(38)39/h2-16H,17H2,1H3. The van der Waals surface area contributed by atoms with E-state index >= 15 is 0 Å². The van der Waals surface area contributed by atoms with Crippen molar-refractivity contribution in [1.82, 2.24) is 9.66 Å². The molecule has 6 nitrogen and oxygen atoms in total. The van der Waals surface area contributed by atoms with Crippen LogP contribution in [0.2, 0.25) is 0 Å². The van der Waals surface area contributed by atoms with Crippen LogP contribution in [-0.2, 0) is 12.8 Å². The van der Waals surface area contributed by atoms with E-state index in [-0.39, 0.29) is 29.2 Å². The highest BCUT2D eigenvalue weighted by Crippen LogP contribution is 2.35. The van der Waals surface area contributed by atoms with Gasteiger partial charge in [-0.25, -0.2) is 9.37 Å². The fourth-order valence-electron chi connectivity index (χ4n) is 4.11. The first-order valence-corrected chi connectivity index (χ1v) is 13.2. The second-order valence-corrected chi connectivity index (χ2v) is 10.0. The highest BCUT2D eigenvalue weighted by molar-refractivity contribution is 14.1. The van der Waals surface area contributed by atoms with Gasteiger partial charge in [-0.3, -0.25) is 4.79 Å². The summed E-state index contributed by atoms with van der Waals surface area (Å²) < 4.78 is 66.9. The number of para-hydroxylation sites is 1. The molecule has 41 heavy (non-hydrogen) atoms. The van der Waals surface area contributed by atoms with E-state index in [1.54, 1.807) is 48.5 Å². The van der Waals surface area contributed by atoms with Crippen molar-refractivity contribution in [2.24, 2.45) is 5.10 Å². The third kappa shape index (κ3) is 6.24. The van der Waals surface area contributed by atoms with Crippen LogP contribution < -0.4 is 15.0 Å². The molecule has 0 N–H and O–H groups in total. The predicted molar refractivity (Wildman–Crippen MR) is 156 cm³/mol. The molecular weight excluding hydrogens is 653 g/mol. The molecule has 5 aromatic rings. The molecule has 0 saturated carbocycles. The molecule has 4 aromatic carbocycles. The van der Waals surface area contributed by atoms with Crippen LogP contribution in [0.3, 0.4) is 0 Å². The van der Waals surface area contributed by atoms with Crippen molar-refractivity contribution in [3.63, 3.8) is 0 Å². The van der Waals surface area contributed by atoms with Gasteiger partial charge in [0.05, 0.1) is 33.4 Å². The molecule has 0 unspecified atom stereocenters. The van der Waals surface area contributed by atoms with Crippen molar-refractivity contribution in [2.45, 2.75) is 12.8 Å². The molecule has 0 radical (unpaired) electrons. The number of hydrogen-bond acceptors (Lipinski definition) is 5. The first kappa shape index (κ1) is 28.3. The van der Waals surface area contributed by atoms with Crippen LogP contribution in [0.5, 0.6) is 11.5 Å². The molecule has 0 atom stereocenters. The predicted octanol–water partition coefficient (Wildman–Crippen LogP) is 7.30. The van der Waals surface area contributed by atoms with Gasteiger partial charge < -0.3 is 9.47 Å².